The standard InChI is InChI=1S/C23H39S/c1-2-3-4-5-6-7-8-9-10-11-12-13-14-15-19-22-24-23-20-17-16-18-21-23/h2,16-18,20-21H,3-15,19,22H2,1H3. The number of hydrogen-bond donors (Lipinski definition) is 0. The summed E-state index contributed by atoms with van der Waals surface area (Å²) in [5, 5.41) is 0. The summed E-state index contributed by atoms with van der Waals surface area (Å²) >= 11 is 2.00. The highest BCUT2D eigenvalue weighted by atomic mass is 32.2. The Morgan fingerprint density at radius 3 is 1.58 bits per heavy atom. The molecule has 0 saturated carbocycles. The zero-order valence-electron chi connectivity index (χ0n) is 16.0. The fraction of sp³-hybridized carbons (Fsp3) is 0.696. The molecular formula is C23H39S. The van der Waals surface area contributed by atoms with E-state index in [4.69, 9.17) is 0 Å². The number of thioether (sulfide) groups is 1. The third-order valence-electron chi connectivity index (χ3n) is 4.65. The molecule has 1 heteroatoms. The predicted octanol–water partition coefficient (Wildman–Crippen LogP) is 8.46. The Hall–Kier alpha value is -0.430. The molecule has 0 fully saturated rings. The molecule has 0 aliphatic carbocycles. The molecule has 137 valence electrons. The van der Waals surface area contributed by atoms with Gasteiger partial charge in [-0.05, 0) is 30.7 Å². The van der Waals surface area contributed by atoms with E-state index in [0.29, 0.717) is 0 Å². The lowest BCUT2D eigenvalue weighted by molar-refractivity contribution is 0.539. The summed E-state index contributed by atoms with van der Waals surface area (Å²) in [6.45, 7) is 2.17. The minimum Gasteiger partial charge on any atom is -0.126 e. The highest BCUT2D eigenvalue weighted by Gasteiger charge is 1.95. The van der Waals surface area contributed by atoms with E-state index in [-0.39, 0.29) is 0 Å². The molecule has 0 N–H and O–H groups in total. The van der Waals surface area contributed by atoms with Gasteiger partial charge in [-0.2, -0.15) is 0 Å². The third-order valence-corrected chi connectivity index (χ3v) is 5.75. The van der Waals surface area contributed by atoms with E-state index in [1.54, 1.807) is 0 Å². The van der Waals surface area contributed by atoms with Crippen LogP contribution in [0.4, 0.5) is 0 Å². The van der Waals surface area contributed by atoms with Crippen LogP contribution in [0.1, 0.15) is 96.8 Å². The number of rotatable bonds is 17. The van der Waals surface area contributed by atoms with Crippen molar-refractivity contribution in [3.05, 3.63) is 36.8 Å². The summed E-state index contributed by atoms with van der Waals surface area (Å²) in [6.07, 6.45) is 22.3. The minimum atomic E-state index is 1.28. The molecule has 1 aromatic rings. The van der Waals surface area contributed by atoms with Gasteiger partial charge in [-0.25, -0.2) is 0 Å². The van der Waals surface area contributed by atoms with Gasteiger partial charge in [0.1, 0.15) is 0 Å². The van der Waals surface area contributed by atoms with Crippen molar-refractivity contribution in [2.45, 2.75) is 102 Å². The van der Waals surface area contributed by atoms with Gasteiger partial charge in [-0.3, -0.25) is 0 Å². The van der Waals surface area contributed by atoms with E-state index < -0.39 is 0 Å². The summed E-state index contributed by atoms with van der Waals surface area (Å²) in [5.74, 6) is 1.28. The highest BCUT2D eigenvalue weighted by molar-refractivity contribution is 7.99. The summed E-state index contributed by atoms with van der Waals surface area (Å²) in [7, 11) is 0. The van der Waals surface area contributed by atoms with Gasteiger partial charge in [0.15, 0.2) is 0 Å². The average Bonchev–Trinajstić information content (AvgIpc) is 2.62. The second kappa shape index (κ2) is 17.4. The van der Waals surface area contributed by atoms with Crippen LogP contribution in [-0.4, -0.2) is 5.75 Å². The lowest BCUT2D eigenvalue weighted by Crippen LogP contribution is -1.84. The van der Waals surface area contributed by atoms with Crippen molar-refractivity contribution in [1.29, 1.82) is 0 Å². The maximum Gasteiger partial charge on any atom is 0.00719 e. The average molecular weight is 348 g/mol. The first kappa shape index (κ1) is 21.6. The zero-order valence-corrected chi connectivity index (χ0v) is 16.8. The Labute approximate surface area is 156 Å². The molecule has 1 rings (SSSR count). The lowest BCUT2D eigenvalue weighted by atomic mass is 10.0. The highest BCUT2D eigenvalue weighted by Crippen LogP contribution is 2.19. The fourth-order valence-corrected chi connectivity index (χ4v) is 4.04. The summed E-state index contributed by atoms with van der Waals surface area (Å²) < 4.78 is 0. The normalized spacial score (nSPS) is 11.0. The molecule has 0 spiro atoms. The lowest BCUT2D eigenvalue weighted by Gasteiger charge is -2.04. The summed E-state index contributed by atoms with van der Waals surface area (Å²) in [6, 6.07) is 10.8. The monoisotopic (exact) mass is 347 g/mol. The van der Waals surface area contributed by atoms with Crippen LogP contribution in [0.25, 0.3) is 0 Å². The van der Waals surface area contributed by atoms with Crippen LogP contribution >= 0.6 is 11.8 Å². The molecule has 0 unspecified atom stereocenters. The molecule has 0 aliphatic heterocycles. The molecule has 0 atom stereocenters. The van der Waals surface area contributed by atoms with Gasteiger partial charge in [-0.15, -0.1) is 11.8 Å². The molecule has 0 saturated heterocycles. The molecule has 0 bridgehead atoms. The first-order valence-corrected chi connectivity index (χ1v) is 11.4. The van der Waals surface area contributed by atoms with Crippen molar-refractivity contribution in [2.75, 3.05) is 5.75 Å². The van der Waals surface area contributed by atoms with Gasteiger partial charge in [0.25, 0.3) is 0 Å². The van der Waals surface area contributed by atoms with Gasteiger partial charge < -0.3 is 0 Å². The summed E-state index contributed by atoms with van der Waals surface area (Å²) in [5.41, 5.74) is 0. The molecular weight excluding hydrogens is 308 g/mol. The Morgan fingerprint density at radius 2 is 1.08 bits per heavy atom. The first-order chi connectivity index (χ1) is 11.9. The minimum absolute atomic E-state index is 1.28. The van der Waals surface area contributed by atoms with E-state index in [1.807, 2.05) is 11.8 Å². The third kappa shape index (κ3) is 14.0. The van der Waals surface area contributed by atoms with Gasteiger partial charge in [-0.1, -0.05) is 109 Å². The largest absolute Gasteiger partial charge is 0.126 e. The van der Waals surface area contributed by atoms with Crippen molar-refractivity contribution >= 4 is 11.8 Å². The molecule has 0 aliphatic rings. The van der Waals surface area contributed by atoms with Gasteiger partial charge in [0, 0.05) is 4.90 Å². The van der Waals surface area contributed by atoms with Crippen LogP contribution in [0.15, 0.2) is 35.2 Å². The molecule has 0 amide bonds. The van der Waals surface area contributed by atoms with Crippen LogP contribution in [-0.2, 0) is 0 Å². The SMILES string of the molecule is C[CH]CCCCCCCCCCCCCCCSc1ccccc1. The van der Waals surface area contributed by atoms with Crippen LogP contribution in [0.2, 0.25) is 0 Å². The van der Waals surface area contributed by atoms with Gasteiger partial charge in [0.2, 0.25) is 0 Å². The maximum absolute atomic E-state index is 2.29. The Kier molecular flexibility index (Phi) is 15.7. The number of benzene rings is 1. The second-order valence-corrected chi connectivity index (χ2v) is 8.12. The van der Waals surface area contributed by atoms with Crippen molar-refractivity contribution in [3.63, 3.8) is 0 Å². The van der Waals surface area contributed by atoms with Crippen molar-refractivity contribution in [2.24, 2.45) is 0 Å². The van der Waals surface area contributed by atoms with E-state index in [1.165, 1.54) is 101 Å². The van der Waals surface area contributed by atoms with Gasteiger partial charge >= 0.3 is 0 Å². The Balaban J connectivity index is 1.70. The van der Waals surface area contributed by atoms with Crippen molar-refractivity contribution in [1.82, 2.24) is 0 Å². The Bertz CT molecular complexity index is 346. The van der Waals surface area contributed by atoms with Crippen LogP contribution in [0.3, 0.4) is 0 Å². The summed E-state index contributed by atoms with van der Waals surface area (Å²) in [4.78, 5) is 1.42. The predicted molar refractivity (Wildman–Crippen MR) is 112 cm³/mol. The quantitative estimate of drug-likeness (QED) is 0.201. The second-order valence-electron chi connectivity index (χ2n) is 6.95. The van der Waals surface area contributed by atoms with Crippen molar-refractivity contribution in [3.8, 4) is 0 Å². The van der Waals surface area contributed by atoms with E-state index in [2.05, 4.69) is 43.7 Å². The van der Waals surface area contributed by atoms with E-state index >= 15 is 0 Å². The number of unbranched alkanes of at least 4 members (excludes halogenated alkanes) is 14. The molecule has 1 aromatic carbocycles. The van der Waals surface area contributed by atoms with Gasteiger partial charge in [0.05, 0.1) is 0 Å². The van der Waals surface area contributed by atoms with E-state index in [0.717, 1.165) is 0 Å². The van der Waals surface area contributed by atoms with Crippen molar-refractivity contribution < 1.29 is 0 Å². The molecule has 0 nitrogen and oxygen atoms in total. The van der Waals surface area contributed by atoms with Crippen LogP contribution in [0.5, 0.6) is 0 Å². The van der Waals surface area contributed by atoms with Crippen LogP contribution < -0.4 is 0 Å². The zero-order chi connectivity index (χ0) is 17.1. The smallest absolute Gasteiger partial charge is 0.00719 e. The Morgan fingerprint density at radius 1 is 0.625 bits per heavy atom. The molecule has 0 heterocycles. The molecule has 0 aromatic heterocycles. The topological polar surface area (TPSA) is 0 Å². The molecule has 24 heavy (non-hydrogen) atoms. The fourth-order valence-electron chi connectivity index (χ4n) is 3.10. The number of hydrogen-bond acceptors (Lipinski definition) is 1. The maximum atomic E-state index is 2.29. The van der Waals surface area contributed by atoms with Crippen LogP contribution in [0, 0.1) is 6.42 Å². The van der Waals surface area contributed by atoms with E-state index in [9.17, 15) is 0 Å². The molecule has 1 radical (unpaired) electrons. The first-order valence-electron chi connectivity index (χ1n) is 10.4.